The summed E-state index contributed by atoms with van der Waals surface area (Å²) < 4.78 is 2.12. The van der Waals surface area contributed by atoms with Gasteiger partial charge >= 0.3 is 0 Å². The Hall–Kier alpha value is -2.18. The van der Waals surface area contributed by atoms with Crippen molar-refractivity contribution in [3.8, 4) is 0 Å². The summed E-state index contributed by atoms with van der Waals surface area (Å²) in [5, 5.41) is 3.14. The van der Waals surface area contributed by atoms with E-state index in [1.807, 2.05) is 45.0 Å². The van der Waals surface area contributed by atoms with Gasteiger partial charge in [-0.2, -0.15) is 0 Å². The quantitative estimate of drug-likeness (QED) is 0.570. The topological polar surface area (TPSA) is 54.3 Å². The second-order valence-electron chi connectivity index (χ2n) is 7.54. The van der Waals surface area contributed by atoms with Gasteiger partial charge in [0, 0.05) is 47.5 Å². The maximum Gasteiger partial charge on any atom is 0.261 e. The van der Waals surface area contributed by atoms with Gasteiger partial charge in [0.15, 0.2) is 5.78 Å². The average Bonchev–Trinajstić information content (AvgIpc) is 3.22. The van der Waals surface area contributed by atoms with Crippen LogP contribution in [0, 0.1) is 20.8 Å². The zero-order valence-corrected chi connectivity index (χ0v) is 17.8. The fourth-order valence-electron chi connectivity index (χ4n) is 3.83. The summed E-state index contributed by atoms with van der Waals surface area (Å²) >= 11 is 1.52. The molecular formula is C22H29N3O2S. The molecule has 0 spiro atoms. The largest absolute Gasteiger partial charge is 0.349 e. The number of piperidine rings is 1. The molecule has 150 valence electrons. The van der Waals surface area contributed by atoms with E-state index in [1.165, 1.54) is 11.3 Å². The molecular weight excluding hydrogens is 370 g/mol. The zero-order valence-electron chi connectivity index (χ0n) is 17.0. The van der Waals surface area contributed by atoms with Gasteiger partial charge in [0.2, 0.25) is 0 Å². The lowest BCUT2D eigenvalue weighted by atomic mass is 10.0. The van der Waals surface area contributed by atoms with Gasteiger partial charge in [0.25, 0.3) is 5.91 Å². The van der Waals surface area contributed by atoms with Crippen molar-refractivity contribution in [3.05, 3.63) is 57.6 Å². The number of rotatable bonds is 7. The van der Waals surface area contributed by atoms with Crippen molar-refractivity contribution in [2.45, 2.75) is 46.2 Å². The molecule has 0 unspecified atom stereocenters. The first-order valence-corrected chi connectivity index (χ1v) is 10.6. The van der Waals surface area contributed by atoms with Crippen LogP contribution in [0.3, 0.4) is 0 Å². The molecule has 1 saturated heterocycles. The molecule has 1 aliphatic heterocycles. The molecule has 3 rings (SSSR count). The van der Waals surface area contributed by atoms with Crippen LogP contribution in [0.15, 0.2) is 30.9 Å². The Morgan fingerprint density at radius 3 is 2.57 bits per heavy atom. The summed E-state index contributed by atoms with van der Waals surface area (Å²) in [5.74, 6) is 0.183. The van der Waals surface area contributed by atoms with Gasteiger partial charge in [-0.1, -0.05) is 6.08 Å². The number of amides is 1. The Kier molecular flexibility index (Phi) is 6.52. The minimum atomic E-state index is 0.0160. The molecule has 1 N–H and O–H groups in total. The number of nitrogens with one attached hydrogen (secondary N) is 1. The average molecular weight is 400 g/mol. The van der Waals surface area contributed by atoms with E-state index in [1.54, 1.807) is 0 Å². The molecule has 2 aromatic rings. The van der Waals surface area contributed by atoms with Crippen LogP contribution in [-0.2, 0) is 6.54 Å². The third-order valence-corrected chi connectivity index (χ3v) is 6.44. The highest BCUT2D eigenvalue weighted by Gasteiger charge is 2.24. The van der Waals surface area contributed by atoms with Gasteiger partial charge < -0.3 is 9.88 Å². The van der Waals surface area contributed by atoms with E-state index in [-0.39, 0.29) is 17.7 Å². The second kappa shape index (κ2) is 8.88. The second-order valence-corrected chi connectivity index (χ2v) is 8.83. The highest BCUT2D eigenvalue weighted by atomic mass is 32.1. The molecule has 6 heteroatoms. The van der Waals surface area contributed by atoms with E-state index >= 15 is 0 Å². The van der Waals surface area contributed by atoms with Gasteiger partial charge in [0.1, 0.15) is 0 Å². The van der Waals surface area contributed by atoms with E-state index < -0.39 is 0 Å². The van der Waals surface area contributed by atoms with E-state index in [2.05, 4.69) is 21.4 Å². The lowest BCUT2D eigenvalue weighted by Crippen LogP contribution is -2.45. The maximum atomic E-state index is 12.8. The van der Waals surface area contributed by atoms with Crippen LogP contribution in [0.5, 0.6) is 0 Å². The molecule has 0 atom stereocenters. The molecule has 0 bridgehead atoms. The monoisotopic (exact) mass is 399 g/mol. The SMILES string of the molecule is C=CCn1c(C)cc(C(=O)CN2CCC(NC(=O)c3ccc(C)s3)CC2)c1C. The number of nitrogens with zero attached hydrogens (tertiary/aromatic N) is 2. The Morgan fingerprint density at radius 1 is 1.25 bits per heavy atom. The zero-order chi connectivity index (χ0) is 20.3. The van der Waals surface area contributed by atoms with E-state index in [9.17, 15) is 9.59 Å². The van der Waals surface area contributed by atoms with Crippen LogP contribution >= 0.6 is 11.3 Å². The fourth-order valence-corrected chi connectivity index (χ4v) is 4.60. The molecule has 0 aliphatic carbocycles. The Morgan fingerprint density at radius 2 is 1.96 bits per heavy atom. The Labute approximate surface area is 171 Å². The van der Waals surface area contributed by atoms with Crippen LogP contribution in [0.25, 0.3) is 0 Å². The van der Waals surface area contributed by atoms with Gasteiger partial charge in [-0.05, 0) is 51.8 Å². The van der Waals surface area contributed by atoms with Crippen LogP contribution in [0.4, 0.5) is 0 Å². The fraction of sp³-hybridized carbons (Fsp3) is 0.455. The number of likely N-dealkylation sites (tertiary alicyclic amines) is 1. The lowest BCUT2D eigenvalue weighted by Gasteiger charge is -2.31. The third-order valence-electron chi connectivity index (χ3n) is 5.44. The number of thiophene rings is 1. The summed E-state index contributed by atoms with van der Waals surface area (Å²) in [6, 6.07) is 6.02. The summed E-state index contributed by atoms with van der Waals surface area (Å²) in [7, 11) is 0. The molecule has 0 aromatic carbocycles. The predicted molar refractivity (Wildman–Crippen MR) is 114 cm³/mol. The third kappa shape index (κ3) is 4.62. The number of Topliss-reactive ketones (excluding diaryl/α,β-unsaturated/α-hetero) is 1. The normalized spacial score (nSPS) is 15.5. The van der Waals surface area contributed by atoms with Crippen molar-refractivity contribution in [3.63, 3.8) is 0 Å². The number of hydrogen-bond acceptors (Lipinski definition) is 4. The minimum absolute atomic E-state index is 0.0160. The van der Waals surface area contributed by atoms with Crippen molar-refractivity contribution >= 4 is 23.0 Å². The summed E-state index contributed by atoms with van der Waals surface area (Å²) in [6.07, 6.45) is 3.60. The molecule has 5 nitrogen and oxygen atoms in total. The number of ketones is 1. The molecule has 1 aliphatic rings. The maximum absolute atomic E-state index is 12.8. The van der Waals surface area contributed by atoms with E-state index in [4.69, 9.17) is 0 Å². The van der Waals surface area contributed by atoms with E-state index in [0.29, 0.717) is 6.54 Å². The van der Waals surface area contributed by atoms with Gasteiger partial charge in [0.05, 0.1) is 11.4 Å². The number of aryl methyl sites for hydroxylation is 2. The molecule has 2 aromatic heterocycles. The van der Waals surface area contributed by atoms with Crippen LogP contribution < -0.4 is 5.32 Å². The van der Waals surface area contributed by atoms with Crippen molar-refractivity contribution < 1.29 is 9.59 Å². The number of allylic oxidation sites excluding steroid dienone is 1. The number of aromatic nitrogens is 1. The van der Waals surface area contributed by atoms with Gasteiger partial charge in [-0.15, -0.1) is 17.9 Å². The number of carbonyl (C=O) groups excluding carboxylic acids is 2. The van der Waals surface area contributed by atoms with Crippen molar-refractivity contribution in [1.29, 1.82) is 0 Å². The lowest BCUT2D eigenvalue weighted by molar-refractivity contribution is 0.0860. The van der Waals surface area contributed by atoms with E-state index in [0.717, 1.165) is 59.2 Å². The highest BCUT2D eigenvalue weighted by Crippen LogP contribution is 2.19. The Balaban J connectivity index is 1.51. The van der Waals surface area contributed by atoms with Crippen LogP contribution in [0.2, 0.25) is 0 Å². The smallest absolute Gasteiger partial charge is 0.261 e. The molecule has 28 heavy (non-hydrogen) atoms. The van der Waals surface area contributed by atoms with Gasteiger partial charge in [-0.25, -0.2) is 0 Å². The molecule has 1 fully saturated rings. The van der Waals surface area contributed by atoms with Crippen LogP contribution in [-0.4, -0.2) is 46.8 Å². The first-order valence-electron chi connectivity index (χ1n) is 9.79. The molecule has 0 saturated carbocycles. The van der Waals surface area contributed by atoms with Crippen molar-refractivity contribution in [1.82, 2.24) is 14.8 Å². The van der Waals surface area contributed by atoms with Crippen LogP contribution in [0.1, 0.15) is 49.1 Å². The van der Waals surface area contributed by atoms with Gasteiger partial charge in [-0.3, -0.25) is 14.5 Å². The number of carbonyl (C=O) groups is 2. The van der Waals surface area contributed by atoms with Crippen molar-refractivity contribution in [2.24, 2.45) is 0 Å². The standard InChI is InChI=1S/C22H29N3O2S/c1-5-10-25-15(2)13-19(17(25)4)20(26)14-24-11-8-18(9-12-24)23-22(27)21-7-6-16(3)28-21/h5-7,13,18H,1,8-12,14H2,2-4H3,(H,23,27). The summed E-state index contributed by atoms with van der Waals surface area (Å²) in [6.45, 7) is 12.6. The first-order chi connectivity index (χ1) is 13.4. The predicted octanol–water partition coefficient (Wildman–Crippen LogP) is 3.74. The molecule has 0 radical (unpaired) electrons. The molecule has 3 heterocycles. The van der Waals surface area contributed by atoms with Crippen molar-refractivity contribution in [2.75, 3.05) is 19.6 Å². The summed E-state index contributed by atoms with van der Waals surface area (Å²) in [4.78, 5) is 29.2. The molecule has 1 amide bonds. The number of hydrogen-bond donors (Lipinski definition) is 1. The summed E-state index contributed by atoms with van der Waals surface area (Å²) in [5.41, 5.74) is 2.91. The first kappa shape index (κ1) is 20.6. The minimum Gasteiger partial charge on any atom is -0.349 e. The Bertz CT molecular complexity index is 872. The highest BCUT2D eigenvalue weighted by molar-refractivity contribution is 7.13.